The molecule has 2 aromatic carbocycles. The number of rotatable bonds is 9. The molecule has 0 fully saturated rings. The summed E-state index contributed by atoms with van der Waals surface area (Å²) in [7, 11) is 0. The molecule has 5 rings (SSSR count). The largest absolute Gasteiger partial charge is 0.463 e. The average Bonchev–Trinajstić information content (AvgIpc) is 3.36. The van der Waals surface area contributed by atoms with Gasteiger partial charge in [0, 0.05) is 41.1 Å². The van der Waals surface area contributed by atoms with E-state index in [-0.39, 0.29) is 18.9 Å². The smallest absolute Gasteiger partial charge is 0.338 e. The van der Waals surface area contributed by atoms with Gasteiger partial charge in [-0.3, -0.25) is 9.78 Å². The number of carbonyl (C=O) groups is 2. The number of hydrogen-bond acceptors (Lipinski definition) is 7. The van der Waals surface area contributed by atoms with Crippen LogP contribution in [0.1, 0.15) is 36.2 Å². The van der Waals surface area contributed by atoms with Crippen molar-refractivity contribution in [2.45, 2.75) is 25.8 Å². The molecule has 0 saturated heterocycles. The van der Waals surface area contributed by atoms with Crippen molar-refractivity contribution in [3.8, 4) is 0 Å². The zero-order valence-corrected chi connectivity index (χ0v) is 22.9. The predicted octanol–water partition coefficient (Wildman–Crippen LogP) is 5.76. The van der Waals surface area contributed by atoms with Gasteiger partial charge in [0.05, 0.1) is 30.3 Å². The van der Waals surface area contributed by atoms with Crippen LogP contribution in [0.4, 0.5) is 0 Å². The fourth-order valence-electron chi connectivity index (χ4n) is 4.55. The van der Waals surface area contributed by atoms with Crippen LogP contribution in [0.15, 0.2) is 101 Å². The number of nitrogens with one attached hydrogen (secondary N) is 1. The summed E-state index contributed by atoms with van der Waals surface area (Å²) in [6, 6.07) is 22.2. The SMILES string of the molecule is CCOC(=O)C1=C(c2ccccc2)N=C2SC=C(CC(=O)NCCc3ccccn3)N2[C@H]1c1ccc(Cl)cc1. The van der Waals surface area contributed by atoms with Crippen LogP contribution >= 0.6 is 23.4 Å². The molecule has 9 heteroatoms. The van der Waals surface area contributed by atoms with Gasteiger partial charge in [0.15, 0.2) is 5.17 Å². The summed E-state index contributed by atoms with van der Waals surface area (Å²) in [6.45, 7) is 2.48. The highest BCUT2D eigenvalue weighted by atomic mass is 35.5. The number of aromatic nitrogens is 1. The quantitative estimate of drug-likeness (QED) is 0.336. The van der Waals surface area contributed by atoms with Gasteiger partial charge >= 0.3 is 5.97 Å². The lowest BCUT2D eigenvalue weighted by atomic mass is 9.91. The number of fused-ring (bicyclic) bond motifs is 1. The second-order valence-electron chi connectivity index (χ2n) is 8.89. The van der Waals surface area contributed by atoms with E-state index >= 15 is 0 Å². The molecule has 0 aliphatic carbocycles. The highest BCUT2D eigenvalue weighted by molar-refractivity contribution is 8.16. The molecule has 1 aromatic heterocycles. The van der Waals surface area contributed by atoms with E-state index in [1.54, 1.807) is 25.3 Å². The minimum Gasteiger partial charge on any atom is -0.463 e. The Hall–Kier alpha value is -3.88. The zero-order valence-electron chi connectivity index (χ0n) is 21.3. The number of nitrogens with zero attached hydrogens (tertiary/aromatic N) is 3. The molecule has 198 valence electrons. The zero-order chi connectivity index (χ0) is 27.2. The third-order valence-electron chi connectivity index (χ3n) is 6.31. The highest BCUT2D eigenvalue weighted by Gasteiger charge is 2.42. The predicted molar refractivity (Wildman–Crippen MR) is 155 cm³/mol. The average molecular weight is 559 g/mol. The molecule has 0 bridgehead atoms. The number of thioether (sulfide) groups is 1. The number of halogens is 1. The van der Waals surface area contributed by atoms with E-state index in [1.165, 1.54) is 11.8 Å². The maximum Gasteiger partial charge on any atom is 0.338 e. The fraction of sp³-hybridized carbons (Fsp3) is 0.200. The Morgan fingerprint density at radius 2 is 1.82 bits per heavy atom. The molecule has 0 spiro atoms. The third kappa shape index (κ3) is 6.08. The Labute approximate surface area is 236 Å². The molecular weight excluding hydrogens is 532 g/mol. The number of carbonyl (C=O) groups excluding carboxylic acids is 2. The molecule has 1 atom stereocenters. The van der Waals surface area contributed by atoms with E-state index < -0.39 is 12.0 Å². The van der Waals surface area contributed by atoms with E-state index in [0.29, 0.717) is 34.4 Å². The van der Waals surface area contributed by atoms with Gasteiger partial charge in [-0.2, -0.15) is 0 Å². The van der Waals surface area contributed by atoms with E-state index in [0.717, 1.165) is 22.5 Å². The molecule has 1 amide bonds. The lowest BCUT2D eigenvalue weighted by molar-refractivity contribution is -0.139. The molecule has 0 saturated carbocycles. The lowest BCUT2D eigenvalue weighted by Crippen LogP contribution is -2.38. The van der Waals surface area contributed by atoms with Crippen molar-refractivity contribution in [2.24, 2.45) is 4.99 Å². The maximum atomic E-state index is 13.5. The Morgan fingerprint density at radius 1 is 1.05 bits per heavy atom. The Bertz CT molecular complexity index is 1440. The number of amidine groups is 1. The van der Waals surface area contributed by atoms with E-state index in [4.69, 9.17) is 21.3 Å². The monoisotopic (exact) mass is 558 g/mol. The molecule has 2 aliphatic rings. The van der Waals surface area contributed by atoms with Crippen LogP contribution in [0.2, 0.25) is 5.02 Å². The minimum atomic E-state index is -0.549. The standard InChI is InChI=1S/C30H27ClN4O3S/c1-2-38-29(37)26-27(20-8-4-3-5-9-20)34-30-35(28(26)21-11-13-22(31)14-12-21)24(19-39-30)18-25(36)33-17-15-23-10-6-7-16-32-23/h3-14,16,19,28H,2,15,17-18H2,1H3,(H,33,36)/t28-/m0/s1. The van der Waals surface area contributed by atoms with E-state index in [9.17, 15) is 9.59 Å². The Morgan fingerprint density at radius 3 is 2.54 bits per heavy atom. The minimum absolute atomic E-state index is 0.121. The van der Waals surface area contributed by atoms with Crippen LogP contribution in [0.5, 0.6) is 0 Å². The Balaban J connectivity index is 1.47. The van der Waals surface area contributed by atoms with Crippen molar-refractivity contribution >= 4 is 46.1 Å². The Kier molecular flexibility index (Phi) is 8.44. The van der Waals surface area contributed by atoms with Gasteiger partial charge in [-0.25, -0.2) is 9.79 Å². The number of ether oxygens (including phenoxy) is 1. The summed E-state index contributed by atoms with van der Waals surface area (Å²) in [6.07, 6.45) is 2.51. The van der Waals surface area contributed by atoms with E-state index in [1.807, 2.05) is 71.0 Å². The summed E-state index contributed by atoms with van der Waals surface area (Å²) < 4.78 is 5.54. The fourth-order valence-corrected chi connectivity index (χ4v) is 5.60. The van der Waals surface area contributed by atoms with Crippen molar-refractivity contribution < 1.29 is 14.3 Å². The molecule has 0 unspecified atom stereocenters. The van der Waals surface area contributed by atoms with Crippen molar-refractivity contribution in [3.05, 3.63) is 118 Å². The molecule has 0 radical (unpaired) electrons. The van der Waals surface area contributed by atoms with Crippen LogP contribution in [0.25, 0.3) is 5.70 Å². The molecule has 39 heavy (non-hydrogen) atoms. The number of amides is 1. The molecular formula is C30H27ClN4O3S. The van der Waals surface area contributed by atoms with Gasteiger partial charge in [0.2, 0.25) is 5.91 Å². The van der Waals surface area contributed by atoms with Gasteiger partial charge in [-0.15, -0.1) is 0 Å². The van der Waals surface area contributed by atoms with Gasteiger partial charge in [-0.05, 0) is 42.2 Å². The second-order valence-corrected chi connectivity index (χ2v) is 10.2. The van der Waals surface area contributed by atoms with E-state index in [2.05, 4.69) is 10.3 Å². The summed E-state index contributed by atoms with van der Waals surface area (Å²) in [5, 5.41) is 6.20. The summed E-state index contributed by atoms with van der Waals surface area (Å²) in [5.41, 5.74) is 4.29. The number of hydrogen-bond donors (Lipinski definition) is 1. The van der Waals surface area contributed by atoms with Crippen LogP contribution in [-0.2, 0) is 20.7 Å². The molecule has 2 aliphatic heterocycles. The maximum absolute atomic E-state index is 13.5. The normalized spacial score (nSPS) is 16.4. The first-order valence-electron chi connectivity index (χ1n) is 12.7. The van der Waals surface area contributed by atoms with Crippen molar-refractivity contribution in [1.82, 2.24) is 15.2 Å². The lowest BCUT2D eigenvalue weighted by Gasteiger charge is -2.36. The number of benzene rings is 2. The summed E-state index contributed by atoms with van der Waals surface area (Å²) >= 11 is 7.65. The first-order valence-corrected chi connectivity index (χ1v) is 13.9. The highest BCUT2D eigenvalue weighted by Crippen LogP contribution is 2.47. The molecule has 7 nitrogen and oxygen atoms in total. The topological polar surface area (TPSA) is 83.9 Å². The van der Waals surface area contributed by atoms with Gasteiger partial charge < -0.3 is 15.0 Å². The van der Waals surface area contributed by atoms with Crippen LogP contribution in [0, 0.1) is 0 Å². The van der Waals surface area contributed by atoms with Gasteiger partial charge in [0.1, 0.15) is 0 Å². The van der Waals surface area contributed by atoms with Crippen LogP contribution in [-0.4, -0.2) is 40.1 Å². The van der Waals surface area contributed by atoms with Gasteiger partial charge in [0.25, 0.3) is 0 Å². The van der Waals surface area contributed by atoms with Crippen molar-refractivity contribution in [1.29, 1.82) is 0 Å². The first-order chi connectivity index (χ1) is 19.0. The number of esters is 1. The summed E-state index contributed by atoms with van der Waals surface area (Å²) in [5.74, 6) is -0.570. The summed E-state index contributed by atoms with van der Waals surface area (Å²) in [4.78, 5) is 37.7. The first kappa shape index (κ1) is 26.7. The second kappa shape index (κ2) is 12.3. The molecule has 1 N–H and O–H groups in total. The van der Waals surface area contributed by atoms with Crippen molar-refractivity contribution in [2.75, 3.05) is 13.2 Å². The van der Waals surface area contributed by atoms with Gasteiger partial charge in [-0.1, -0.05) is 71.9 Å². The van der Waals surface area contributed by atoms with Crippen LogP contribution < -0.4 is 5.32 Å². The molecule has 3 heterocycles. The molecule has 3 aromatic rings. The van der Waals surface area contributed by atoms with Crippen LogP contribution in [0.3, 0.4) is 0 Å². The van der Waals surface area contributed by atoms with Crippen molar-refractivity contribution in [3.63, 3.8) is 0 Å². The third-order valence-corrected chi connectivity index (χ3v) is 7.45. The number of pyridine rings is 1. The number of aliphatic imine (C=N–C) groups is 1.